The number of hydrogen-bond donors (Lipinski definition) is 0. The van der Waals surface area contributed by atoms with E-state index in [4.69, 9.17) is 0 Å². The van der Waals surface area contributed by atoms with E-state index >= 15 is 0 Å². The Morgan fingerprint density at radius 2 is 0.784 bits per heavy atom. The summed E-state index contributed by atoms with van der Waals surface area (Å²) in [5.41, 5.74) is -2.95. The number of hydrogen-bond acceptors (Lipinski definition) is 2. The molecule has 37 heavy (non-hydrogen) atoms. The van der Waals surface area contributed by atoms with Crippen molar-refractivity contribution in [3.8, 4) is 0 Å². The topological polar surface area (TPSA) is 26.3 Å². The van der Waals surface area contributed by atoms with Crippen LogP contribution >= 0.6 is 0 Å². The Bertz CT molecular complexity index is 834. The molecule has 0 heterocycles. The molecule has 0 amide bonds. The van der Waals surface area contributed by atoms with Gasteiger partial charge in [0.25, 0.3) is 0 Å². The number of esters is 1. The molecule has 0 saturated carbocycles. The van der Waals surface area contributed by atoms with Crippen molar-refractivity contribution in [1.82, 2.24) is 0 Å². The third-order valence-electron chi connectivity index (χ3n) is 4.43. The normalized spacial score (nSPS) is 16.2. The van der Waals surface area contributed by atoms with Crippen LogP contribution in [-0.2, 0) is 9.53 Å². The van der Waals surface area contributed by atoms with Crippen LogP contribution in [0.4, 0.5) is 87.8 Å². The van der Waals surface area contributed by atoms with Crippen molar-refractivity contribution >= 4 is 5.97 Å². The van der Waals surface area contributed by atoms with E-state index in [0.717, 1.165) is 0 Å². The third-order valence-corrected chi connectivity index (χ3v) is 4.43. The molecule has 0 unspecified atom stereocenters. The lowest BCUT2D eigenvalue weighted by atomic mass is 9.87. The maximum Gasteiger partial charge on any atom is 0.490 e. The van der Waals surface area contributed by atoms with Gasteiger partial charge in [-0.15, -0.1) is 0 Å². The second-order valence-corrected chi connectivity index (χ2v) is 7.80. The van der Waals surface area contributed by atoms with E-state index in [1.807, 2.05) is 0 Å². The number of alkyl halides is 20. The fourth-order valence-electron chi connectivity index (χ4n) is 2.17. The zero-order valence-electron chi connectivity index (χ0n) is 17.3. The lowest BCUT2D eigenvalue weighted by Crippen LogP contribution is -2.74. The van der Waals surface area contributed by atoms with E-state index in [1.54, 1.807) is 0 Å². The zero-order chi connectivity index (χ0) is 30.7. The van der Waals surface area contributed by atoms with Crippen LogP contribution < -0.4 is 0 Å². The molecule has 0 atom stereocenters. The second-order valence-electron chi connectivity index (χ2n) is 7.80. The molecule has 0 fully saturated rings. The molecule has 222 valence electrons. The summed E-state index contributed by atoms with van der Waals surface area (Å²) in [6.07, 6.45) is -18.8. The predicted octanol–water partition coefficient (Wildman–Crippen LogP) is 7.66. The van der Waals surface area contributed by atoms with Crippen LogP contribution in [0.1, 0.15) is 26.7 Å². The zero-order valence-corrected chi connectivity index (χ0v) is 17.3. The smallest absolute Gasteiger partial charge is 0.453 e. The Labute approximate surface area is 190 Å². The Balaban J connectivity index is 6.39. The summed E-state index contributed by atoms with van der Waals surface area (Å²) < 4.78 is 263. The van der Waals surface area contributed by atoms with Gasteiger partial charge in [0.05, 0.1) is 0 Å². The van der Waals surface area contributed by atoms with Crippen molar-refractivity contribution in [1.29, 1.82) is 0 Å². The van der Waals surface area contributed by atoms with Gasteiger partial charge >= 0.3 is 59.8 Å². The second kappa shape index (κ2) is 9.08. The van der Waals surface area contributed by atoms with Gasteiger partial charge < -0.3 is 4.74 Å². The summed E-state index contributed by atoms with van der Waals surface area (Å²) in [5, 5.41) is 0. The Morgan fingerprint density at radius 3 is 1.08 bits per heavy atom. The monoisotopic (exact) mass is 602 g/mol. The Kier molecular flexibility index (Phi) is 8.60. The summed E-state index contributed by atoms with van der Waals surface area (Å²) >= 11 is 0. The highest BCUT2D eigenvalue weighted by Crippen LogP contribution is 2.64. The van der Waals surface area contributed by atoms with Crippen molar-refractivity contribution in [3.63, 3.8) is 0 Å². The molecule has 0 radical (unpaired) electrons. The first-order valence-electron chi connectivity index (χ1n) is 8.60. The summed E-state index contributed by atoms with van der Waals surface area (Å²) in [7, 11) is 0. The molecule has 22 heteroatoms. The van der Waals surface area contributed by atoms with Gasteiger partial charge in [-0.2, -0.15) is 87.8 Å². The molecule has 0 aromatic heterocycles. The van der Waals surface area contributed by atoms with Crippen LogP contribution in [0.2, 0.25) is 0 Å². The molecule has 0 aromatic rings. The van der Waals surface area contributed by atoms with Crippen molar-refractivity contribution < 1.29 is 97.3 Å². The van der Waals surface area contributed by atoms with Crippen LogP contribution in [0.15, 0.2) is 0 Å². The first-order valence-corrected chi connectivity index (χ1v) is 8.60. The van der Waals surface area contributed by atoms with E-state index in [0.29, 0.717) is 0 Å². The molecule has 0 aliphatic heterocycles. The number of carbonyl (C=O) groups is 1. The van der Waals surface area contributed by atoms with Gasteiger partial charge in [0.2, 0.25) is 0 Å². The van der Waals surface area contributed by atoms with E-state index in [1.165, 1.54) is 0 Å². The van der Waals surface area contributed by atoms with E-state index in [-0.39, 0.29) is 13.8 Å². The Hall–Kier alpha value is -1.93. The summed E-state index contributed by atoms with van der Waals surface area (Å²) in [5.74, 6) is -61.0. The average molecular weight is 602 g/mol. The Morgan fingerprint density at radius 1 is 0.486 bits per heavy atom. The third kappa shape index (κ3) is 5.60. The number of carbonyl (C=O) groups excluding carboxylic acids is 1. The van der Waals surface area contributed by atoms with E-state index in [9.17, 15) is 92.6 Å². The standard InChI is InChI=1S/C15H10F20O2/c1-6(2,37-5(36)8(18,19)20)3-4-7(16,17)9(21,22)10(23,24)11(25,26)12(27,28)13(29,30)14(31,32)15(33,34)35/h3-4H2,1-2H3. The van der Waals surface area contributed by atoms with Gasteiger partial charge in [0, 0.05) is 6.42 Å². The molecular formula is C15H10F20O2. The summed E-state index contributed by atoms with van der Waals surface area (Å²) in [4.78, 5) is 10.7. The van der Waals surface area contributed by atoms with E-state index in [2.05, 4.69) is 4.74 Å². The molecular weight excluding hydrogens is 592 g/mol. The molecule has 2 nitrogen and oxygen atoms in total. The molecule has 0 aliphatic carbocycles. The van der Waals surface area contributed by atoms with Gasteiger partial charge in [0.1, 0.15) is 5.60 Å². The fraction of sp³-hybridized carbons (Fsp3) is 0.933. The number of ether oxygens (including phenoxy) is 1. The minimum Gasteiger partial charge on any atom is -0.453 e. The van der Waals surface area contributed by atoms with Crippen LogP contribution in [0.3, 0.4) is 0 Å². The van der Waals surface area contributed by atoms with Crippen LogP contribution in [0, 0.1) is 0 Å². The maximum atomic E-state index is 13.8. The highest BCUT2D eigenvalue weighted by atomic mass is 19.4. The lowest BCUT2D eigenvalue weighted by molar-refractivity contribution is -0.462. The van der Waals surface area contributed by atoms with Gasteiger partial charge in [-0.1, -0.05) is 0 Å². The molecule has 0 aliphatic rings. The number of rotatable bonds is 10. The molecule has 0 saturated heterocycles. The van der Waals surface area contributed by atoms with Gasteiger partial charge in [-0.3, -0.25) is 0 Å². The van der Waals surface area contributed by atoms with Crippen LogP contribution in [0.5, 0.6) is 0 Å². The van der Waals surface area contributed by atoms with E-state index < -0.39 is 78.2 Å². The number of halogens is 20. The minimum absolute atomic E-state index is 0.242. The SMILES string of the molecule is CC(C)(CCC(F)(F)C(F)(F)C(F)(F)C(F)(F)C(F)(F)C(F)(F)C(F)(F)C(F)(F)F)OC(=O)C(F)(F)F. The van der Waals surface area contributed by atoms with Crippen molar-refractivity contribution in [2.24, 2.45) is 0 Å². The first kappa shape index (κ1) is 35.1. The van der Waals surface area contributed by atoms with Gasteiger partial charge in [-0.25, -0.2) is 4.79 Å². The van der Waals surface area contributed by atoms with Gasteiger partial charge in [0.15, 0.2) is 0 Å². The highest BCUT2D eigenvalue weighted by molar-refractivity contribution is 5.76. The minimum atomic E-state index is -8.79. The van der Waals surface area contributed by atoms with Crippen LogP contribution in [0.25, 0.3) is 0 Å². The molecule has 0 aromatic carbocycles. The van der Waals surface area contributed by atoms with Gasteiger partial charge in [-0.05, 0) is 20.3 Å². The highest BCUT2D eigenvalue weighted by Gasteiger charge is 2.95. The predicted molar refractivity (Wildman–Crippen MR) is 76.1 cm³/mol. The molecule has 0 rings (SSSR count). The quantitative estimate of drug-likeness (QED) is 0.190. The maximum absolute atomic E-state index is 13.8. The summed E-state index contributed by atoms with van der Waals surface area (Å²) in [6.45, 7) is 0.483. The van der Waals surface area contributed by atoms with Crippen molar-refractivity contribution in [2.45, 2.75) is 86.1 Å². The molecule has 0 bridgehead atoms. The lowest BCUT2D eigenvalue weighted by Gasteiger charge is -2.43. The summed E-state index contributed by atoms with van der Waals surface area (Å²) in [6, 6.07) is 0. The molecule has 0 N–H and O–H groups in total. The molecule has 0 spiro atoms. The average Bonchev–Trinajstić information content (AvgIpc) is 2.63. The fourth-order valence-corrected chi connectivity index (χ4v) is 2.17. The largest absolute Gasteiger partial charge is 0.490 e. The van der Waals surface area contributed by atoms with Crippen molar-refractivity contribution in [2.75, 3.05) is 0 Å². The first-order chi connectivity index (χ1) is 15.6. The van der Waals surface area contributed by atoms with Crippen molar-refractivity contribution in [3.05, 3.63) is 0 Å². The van der Waals surface area contributed by atoms with Crippen LogP contribution in [-0.4, -0.2) is 65.4 Å².